The van der Waals surface area contributed by atoms with E-state index in [-0.39, 0.29) is 18.9 Å². The van der Waals surface area contributed by atoms with Gasteiger partial charge in [-0.05, 0) is 53.3 Å². The second kappa shape index (κ2) is 9.90. The number of alkyl carbamates (subject to hydrolysis) is 1. The van der Waals surface area contributed by atoms with Crippen molar-refractivity contribution in [3.63, 3.8) is 0 Å². The fourth-order valence-corrected chi connectivity index (χ4v) is 4.99. The van der Waals surface area contributed by atoms with Crippen molar-refractivity contribution >= 4 is 12.1 Å². The van der Waals surface area contributed by atoms with Gasteiger partial charge in [0.25, 0.3) is 0 Å². The van der Waals surface area contributed by atoms with Crippen LogP contribution in [0.4, 0.5) is 4.79 Å². The number of nitrogens with zero attached hydrogens (tertiary/aromatic N) is 1. The highest BCUT2D eigenvalue weighted by molar-refractivity contribution is 5.84. The first-order valence-electron chi connectivity index (χ1n) is 12.2. The van der Waals surface area contributed by atoms with Gasteiger partial charge in [0.1, 0.15) is 12.1 Å². The maximum atomic E-state index is 12.8. The van der Waals surface area contributed by atoms with Crippen LogP contribution in [-0.4, -0.2) is 34.3 Å². The molecule has 0 aliphatic heterocycles. The van der Waals surface area contributed by atoms with Crippen molar-refractivity contribution in [2.24, 2.45) is 0 Å². The minimum atomic E-state index is -1.56. The van der Waals surface area contributed by atoms with Gasteiger partial charge < -0.3 is 15.2 Å². The zero-order valence-corrected chi connectivity index (χ0v) is 20.8. The zero-order valence-electron chi connectivity index (χ0n) is 20.8. The lowest BCUT2D eigenvalue weighted by molar-refractivity contribution is -0.143. The number of aryl methyl sites for hydroxylation is 1. The van der Waals surface area contributed by atoms with Crippen LogP contribution in [0.1, 0.15) is 35.1 Å². The SMILES string of the molecule is Cc1ccccc1-c1ccc(CC(C)(NC(=O)OCC2c3ccccc3-c3ccccc32)C(=O)O)cn1. The number of carbonyl (C=O) groups excluding carboxylic acids is 1. The smallest absolute Gasteiger partial charge is 0.408 e. The normalized spacial score (nSPS) is 13.8. The fraction of sp³-hybridized carbons (Fsp3) is 0.194. The number of pyridine rings is 1. The molecule has 1 aliphatic carbocycles. The molecule has 5 rings (SSSR count). The van der Waals surface area contributed by atoms with E-state index in [1.165, 1.54) is 6.92 Å². The van der Waals surface area contributed by atoms with Crippen LogP contribution >= 0.6 is 0 Å². The van der Waals surface area contributed by atoms with Crippen LogP contribution < -0.4 is 5.32 Å². The number of benzene rings is 3. The third-order valence-electron chi connectivity index (χ3n) is 7.00. The Hall–Kier alpha value is -4.45. The van der Waals surface area contributed by atoms with Crippen LogP contribution in [0.5, 0.6) is 0 Å². The Morgan fingerprint density at radius 3 is 2.05 bits per heavy atom. The second-order valence-electron chi connectivity index (χ2n) is 9.63. The number of hydrogen-bond acceptors (Lipinski definition) is 4. The maximum absolute atomic E-state index is 12.8. The minimum Gasteiger partial charge on any atom is -0.480 e. The van der Waals surface area contributed by atoms with E-state index >= 15 is 0 Å². The maximum Gasteiger partial charge on any atom is 0.408 e. The number of rotatable bonds is 7. The van der Waals surface area contributed by atoms with Gasteiger partial charge in [0, 0.05) is 24.1 Å². The van der Waals surface area contributed by atoms with Crippen LogP contribution in [0.25, 0.3) is 22.4 Å². The van der Waals surface area contributed by atoms with Crippen molar-refractivity contribution in [3.05, 3.63) is 113 Å². The van der Waals surface area contributed by atoms with Crippen molar-refractivity contribution in [2.75, 3.05) is 6.61 Å². The predicted molar refractivity (Wildman–Crippen MR) is 142 cm³/mol. The van der Waals surface area contributed by atoms with E-state index in [0.29, 0.717) is 5.56 Å². The molecule has 0 bridgehead atoms. The molecule has 1 atom stereocenters. The molecular weight excluding hydrogens is 464 g/mol. The summed E-state index contributed by atoms with van der Waals surface area (Å²) in [6.07, 6.45) is 0.951. The third kappa shape index (κ3) is 4.83. The van der Waals surface area contributed by atoms with Crippen molar-refractivity contribution in [2.45, 2.75) is 31.7 Å². The molecule has 1 aliphatic rings. The van der Waals surface area contributed by atoms with Gasteiger partial charge >= 0.3 is 12.1 Å². The van der Waals surface area contributed by atoms with Gasteiger partial charge in [0.05, 0.1) is 5.69 Å². The van der Waals surface area contributed by atoms with Crippen LogP contribution in [0.3, 0.4) is 0 Å². The lowest BCUT2D eigenvalue weighted by Gasteiger charge is -2.26. The summed E-state index contributed by atoms with van der Waals surface area (Å²) in [5.41, 5.74) is 6.52. The topological polar surface area (TPSA) is 88.5 Å². The molecule has 0 fully saturated rings. The zero-order chi connectivity index (χ0) is 26.0. The molecule has 6 heteroatoms. The molecule has 6 nitrogen and oxygen atoms in total. The van der Waals surface area contributed by atoms with Gasteiger partial charge in [0.2, 0.25) is 0 Å². The summed E-state index contributed by atoms with van der Waals surface area (Å²) in [6, 6.07) is 27.8. The van der Waals surface area contributed by atoms with Crippen molar-refractivity contribution in [1.82, 2.24) is 10.3 Å². The van der Waals surface area contributed by atoms with Gasteiger partial charge in [-0.1, -0.05) is 78.9 Å². The minimum absolute atomic E-state index is 0.0631. The highest BCUT2D eigenvalue weighted by Gasteiger charge is 2.37. The van der Waals surface area contributed by atoms with E-state index in [0.717, 1.165) is 39.1 Å². The quantitative estimate of drug-likeness (QED) is 0.331. The van der Waals surface area contributed by atoms with Gasteiger partial charge in [-0.25, -0.2) is 9.59 Å². The number of fused-ring (bicyclic) bond motifs is 3. The van der Waals surface area contributed by atoms with Gasteiger partial charge in [-0.2, -0.15) is 0 Å². The predicted octanol–water partition coefficient (Wildman–Crippen LogP) is 5.98. The number of ether oxygens (including phenoxy) is 1. The van der Waals surface area contributed by atoms with Crippen LogP contribution in [0.2, 0.25) is 0 Å². The number of amides is 1. The van der Waals surface area contributed by atoms with E-state index in [1.54, 1.807) is 6.20 Å². The molecule has 37 heavy (non-hydrogen) atoms. The Morgan fingerprint density at radius 1 is 0.892 bits per heavy atom. The Kier molecular flexibility index (Phi) is 6.49. The molecule has 3 aromatic carbocycles. The Balaban J connectivity index is 1.27. The second-order valence-corrected chi connectivity index (χ2v) is 9.63. The number of carboxylic acid groups (broad SMARTS) is 1. The number of carbonyl (C=O) groups is 2. The summed E-state index contributed by atoms with van der Waals surface area (Å²) in [5.74, 6) is -1.25. The average Bonchev–Trinajstić information content (AvgIpc) is 3.22. The first kappa shape index (κ1) is 24.3. The van der Waals surface area contributed by atoms with E-state index in [1.807, 2.05) is 79.7 Å². The molecule has 0 spiro atoms. The summed E-state index contributed by atoms with van der Waals surface area (Å²) in [4.78, 5) is 29.5. The fourth-order valence-electron chi connectivity index (χ4n) is 4.99. The largest absolute Gasteiger partial charge is 0.480 e. The molecule has 0 saturated heterocycles. The Morgan fingerprint density at radius 2 is 1.49 bits per heavy atom. The van der Waals surface area contributed by atoms with Gasteiger partial charge in [-0.3, -0.25) is 4.98 Å². The van der Waals surface area contributed by atoms with E-state index in [2.05, 4.69) is 22.4 Å². The molecule has 1 unspecified atom stereocenters. The lowest BCUT2D eigenvalue weighted by Crippen LogP contribution is -2.54. The summed E-state index contributed by atoms with van der Waals surface area (Å²) in [7, 11) is 0. The molecule has 1 aromatic heterocycles. The van der Waals surface area contributed by atoms with Gasteiger partial charge in [0.15, 0.2) is 0 Å². The molecule has 0 radical (unpaired) electrons. The Bertz CT molecular complexity index is 1420. The van der Waals surface area contributed by atoms with Gasteiger partial charge in [-0.15, -0.1) is 0 Å². The third-order valence-corrected chi connectivity index (χ3v) is 7.00. The van der Waals surface area contributed by atoms with E-state index < -0.39 is 17.6 Å². The Labute approximate surface area is 216 Å². The number of carboxylic acids is 1. The summed E-state index contributed by atoms with van der Waals surface area (Å²) in [5, 5.41) is 12.5. The van der Waals surface area contributed by atoms with Crippen LogP contribution in [0.15, 0.2) is 91.1 Å². The van der Waals surface area contributed by atoms with Crippen molar-refractivity contribution < 1.29 is 19.4 Å². The average molecular weight is 493 g/mol. The number of aromatic nitrogens is 1. The molecule has 0 saturated carbocycles. The molecule has 2 N–H and O–H groups in total. The highest BCUT2D eigenvalue weighted by atomic mass is 16.5. The summed E-state index contributed by atoms with van der Waals surface area (Å²) >= 11 is 0. The monoisotopic (exact) mass is 492 g/mol. The number of aliphatic carboxylic acids is 1. The molecule has 1 heterocycles. The molecule has 4 aromatic rings. The van der Waals surface area contributed by atoms with Crippen molar-refractivity contribution in [1.29, 1.82) is 0 Å². The standard InChI is InChI=1S/C31H28N2O4/c1-20-9-3-4-10-22(20)28-16-15-21(18-32-28)17-31(2,29(34)35)33-30(36)37-19-27-25-13-7-5-11-23(25)24-12-6-8-14-26(24)27/h3-16,18,27H,17,19H2,1-2H3,(H,33,36)(H,34,35). The molecular formula is C31H28N2O4. The number of hydrogen-bond donors (Lipinski definition) is 2. The summed E-state index contributed by atoms with van der Waals surface area (Å²) < 4.78 is 5.58. The van der Waals surface area contributed by atoms with Crippen LogP contribution in [0, 0.1) is 6.92 Å². The number of nitrogens with one attached hydrogen (secondary N) is 1. The van der Waals surface area contributed by atoms with E-state index in [9.17, 15) is 14.7 Å². The lowest BCUT2D eigenvalue weighted by atomic mass is 9.93. The van der Waals surface area contributed by atoms with Crippen molar-refractivity contribution in [3.8, 4) is 22.4 Å². The highest BCUT2D eigenvalue weighted by Crippen LogP contribution is 2.44. The molecule has 186 valence electrons. The first-order chi connectivity index (χ1) is 17.9. The first-order valence-corrected chi connectivity index (χ1v) is 12.2. The summed E-state index contributed by atoms with van der Waals surface area (Å²) in [6.45, 7) is 3.61. The molecule has 1 amide bonds. The van der Waals surface area contributed by atoms with Crippen LogP contribution in [-0.2, 0) is 16.0 Å². The van der Waals surface area contributed by atoms with E-state index in [4.69, 9.17) is 4.74 Å².